The van der Waals surface area contributed by atoms with Crippen molar-refractivity contribution in [3.8, 4) is 5.88 Å². The van der Waals surface area contributed by atoms with Crippen LogP contribution >= 0.6 is 0 Å². The fourth-order valence-electron chi connectivity index (χ4n) is 2.54. The maximum atomic E-state index is 11.6. The molecule has 0 amide bonds. The summed E-state index contributed by atoms with van der Waals surface area (Å²) in [4.78, 5) is 11.6. The van der Waals surface area contributed by atoms with E-state index in [0.29, 0.717) is 18.5 Å². The highest BCUT2D eigenvalue weighted by Crippen LogP contribution is 2.23. The molecule has 0 unspecified atom stereocenters. The van der Waals surface area contributed by atoms with Gasteiger partial charge in [0.15, 0.2) is 0 Å². The monoisotopic (exact) mass is 265 g/mol. The van der Waals surface area contributed by atoms with Gasteiger partial charge in [-0.15, -0.1) is 5.10 Å². The number of ether oxygens (including phenoxy) is 1. The lowest BCUT2D eigenvalue weighted by Crippen LogP contribution is -2.36. The predicted molar refractivity (Wildman–Crippen MR) is 74.5 cm³/mol. The maximum absolute atomic E-state index is 11.6. The molecule has 1 fully saturated rings. The van der Waals surface area contributed by atoms with Gasteiger partial charge in [0.25, 0.3) is 5.56 Å². The molecule has 0 bridgehead atoms. The molecule has 1 aliphatic carbocycles. The van der Waals surface area contributed by atoms with Gasteiger partial charge in [-0.3, -0.25) is 4.79 Å². The molecule has 0 atom stereocenters. The molecule has 106 valence electrons. The van der Waals surface area contributed by atoms with Crippen LogP contribution < -0.4 is 15.6 Å². The van der Waals surface area contributed by atoms with Crippen molar-refractivity contribution in [2.75, 3.05) is 13.7 Å². The van der Waals surface area contributed by atoms with Gasteiger partial charge >= 0.3 is 0 Å². The molecule has 0 aromatic carbocycles. The van der Waals surface area contributed by atoms with Crippen LogP contribution in [0.4, 0.5) is 0 Å². The number of nitrogens with one attached hydrogen (secondary N) is 1. The highest BCUT2D eigenvalue weighted by atomic mass is 16.5. The molecule has 2 rings (SSSR count). The van der Waals surface area contributed by atoms with E-state index in [4.69, 9.17) is 4.74 Å². The molecule has 0 spiro atoms. The topological polar surface area (TPSA) is 56.1 Å². The summed E-state index contributed by atoms with van der Waals surface area (Å²) in [7, 11) is 1.55. The van der Waals surface area contributed by atoms with Crippen LogP contribution in [0.25, 0.3) is 0 Å². The number of nitrogens with zero attached hydrogens (tertiary/aromatic N) is 2. The average Bonchev–Trinajstić information content (AvgIpc) is 2.43. The molecule has 19 heavy (non-hydrogen) atoms. The summed E-state index contributed by atoms with van der Waals surface area (Å²) >= 11 is 0. The standard InChI is InChI=1S/C14H23N3O2/c1-11-3-5-12(6-4-11)15-9-10-17-14(18)8-7-13(16-17)19-2/h7-8,11-12,15H,3-6,9-10H2,1-2H3. The highest BCUT2D eigenvalue weighted by Gasteiger charge is 2.17. The SMILES string of the molecule is COc1ccc(=O)n(CCNC2CCC(C)CC2)n1. The highest BCUT2D eigenvalue weighted by molar-refractivity contribution is 5.05. The molecule has 1 aromatic heterocycles. The Morgan fingerprint density at radius 1 is 1.37 bits per heavy atom. The molecule has 1 heterocycles. The molecule has 1 N–H and O–H groups in total. The fourth-order valence-corrected chi connectivity index (χ4v) is 2.54. The molecule has 0 saturated heterocycles. The second kappa shape index (κ2) is 6.70. The molecule has 0 radical (unpaired) electrons. The minimum Gasteiger partial charge on any atom is -0.480 e. The van der Waals surface area contributed by atoms with Crippen LogP contribution in [-0.2, 0) is 6.54 Å². The molecule has 5 nitrogen and oxygen atoms in total. The van der Waals surface area contributed by atoms with Gasteiger partial charge in [-0.05, 0) is 31.6 Å². The number of hydrogen-bond donors (Lipinski definition) is 1. The Labute approximate surface area is 114 Å². The smallest absolute Gasteiger partial charge is 0.267 e. The van der Waals surface area contributed by atoms with Crippen LogP contribution in [0.3, 0.4) is 0 Å². The summed E-state index contributed by atoms with van der Waals surface area (Å²) in [6.07, 6.45) is 5.08. The predicted octanol–water partition coefficient (Wildman–Crippen LogP) is 1.42. The third kappa shape index (κ3) is 4.06. The van der Waals surface area contributed by atoms with Crippen molar-refractivity contribution in [1.82, 2.24) is 15.1 Å². The quantitative estimate of drug-likeness (QED) is 0.875. The Morgan fingerprint density at radius 3 is 2.79 bits per heavy atom. The van der Waals surface area contributed by atoms with E-state index < -0.39 is 0 Å². The third-order valence-corrected chi connectivity index (χ3v) is 3.82. The van der Waals surface area contributed by atoms with Crippen molar-refractivity contribution in [3.05, 3.63) is 22.5 Å². The van der Waals surface area contributed by atoms with Gasteiger partial charge in [0.05, 0.1) is 13.7 Å². The first-order chi connectivity index (χ1) is 9.19. The van der Waals surface area contributed by atoms with Crippen LogP contribution in [0.5, 0.6) is 5.88 Å². The molecular formula is C14H23N3O2. The van der Waals surface area contributed by atoms with Gasteiger partial charge < -0.3 is 10.1 Å². The lowest BCUT2D eigenvalue weighted by Gasteiger charge is -2.27. The number of methoxy groups -OCH3 is 1. The molecular weight excluding hydrogens is 242 g/mol. The second-order valence-electron chi connectivity index (χ2n) is 5.35. The van der Waals surface area contributed by atoms with Crippen molar-refractivity contribution in [2.24, 2.45) is 5.92 Å². The first-order valence-electron chi connectivity index (χ1n) is 7.04. The fraction of sp³-hybridized carbons (Fsp3) is 0.714. The van der Waals surface area contributed by atoms with E-state index >= 15 is 0 Å². The zero-order chi connectivity index (χ0) is 13.7. The zero-order valence-electron chi connectivity index (χ0n) is 11.8. The van der Waals surface area contributed by atoms with Crippen LogP contribution in [-0.4, -0.2) is 29.5 Å². The van der Waals surface area contributed by atoms with Gasteiger partial charge in [-0.1, -0.05) is 6.92 Å². The molecule has 5 heteroatoms. The summed E-state index contributed by atoms with van der Waals surface area (Å²) in [5.74, 6) is 1.34. The van der Waals surface area contributed by atoms with E-state index in [1.807, 2.05) is 0 Å². The minimum atomic E-state index is -0.0835. The van der Waals surface area contributed by atoms with Crippen LogP contribution in [0.15, 0.2) is 16.9 Å². The Hall–Kier alpha value is -1.36. The lowest BCUT2D eigenvalue weighted by atomic mass is 9.87. The summed E-state index contributed by atoms with van der Waals surface area (Å²) < 4.78 is 6.48. The van der Waals surface area contributed by atoms with E-state index in [-0.39, 0.29) is 5.56 Å². The molecule has 1 aliphatic rings. The lowest BCUT2D eigenvalue weighted by molar-refractivity contribution is 0.301. The molecule has 1 saturated carbocycles. The summed E-state index contributed by atoms with van der Waals surface area (Å²) in [5.41, 5.74) is -0.0835. The van der Waals surface area contributed by atoms with Crippen molar-refractivity contribution >= 4 is 0 Å². The van der Waals surface area contributed by atoms with Crippen molar-refractivity contribution in [1.29, 1.82) is 0 Å². The first kappa shape index (κ1) is 14.1. The van der Waals surface area contributed by atoms with Crippen LogP contribution in [0.1, 0.15) is 32.6 Å². The van der Waals surface area contributed by atoms with E-state index in [2.05, 4.69) is 17.3 Å². The Morgan fingerprint density at radius 2 is 2.11 bits per heavy atom. The van der Waals surface area contributed by atoms with Gasteiger partial charge in [0.1, 0.15) is 0 Å². The summed E-state index contributed by atoms with van der Waals surface area (Å²) in [6.45, 7) is 3.68. The molecule has 0 aliphatic heterocycles. The summed E-state index contributed by atoms with van der Waals surface area (Å²) in [5, 5.41) is 7.64. The second-order valence-corrected chi connectivity index (χ2v) is 5.35. The Balaban J connectivity index is 1.81. The van der Waals surface area contributed by atoms with Crippen LogP contribution in [0.2, 0.25) is 0 Å². The minimum absolute atomic E-state index is 0.0835. The average molecular weight is 265 g/mol. The maximum Gasteiger partial charge on any atom is 0.267 e. The van der Waals surface area contributed by atoms with Gasteiger partial charge in [-0.2, -0.15) is 0 Å². The normalized spacial score (nSPS) is 23.3. The zero-order valence-corrected chi connectivity index (χ0v) is 11.8. The first-order valence-corrected chi connectivity index (χ1v) is 7.04. The van der Waals surface area contributed by atoms with Gasteiger partial charge in [0, 0.05) is 24.7 Å². The van der Waals surface area contributed by atoms with Gasteiger partial charge in [0.2, 0.25) is 5.88 Å². The third-order valence-electron chi connectivity index (χ3n) is 3.82. The van der Waals surface area contributed by atoms with E-state index in [1.54, 1.807) is 13.2 Å². The Bertz CT molecular complexity index is 450. The molecule has 1 aromatic rings. The van der Waals surface area contributed by atoms with Crippen molar-refractivity contribution in [2.45, 2.75) is 45.2 Å². The van der Waals surface area contributed by atoms with E-state index in [0.717, 1.165) is 12.5 Å². The van der Waals surface area contributed by atoms with E-state index in [1.165, 1.54) is 36.4 Å². The van der Waals surface area contributed by atoms with Crippen molar-refractivity contribution in [3.63, 3.8) is 0 Å². The van der Waals surface area contributed by atoms with Gasteiger partial charge in [-0.25, -0.2) is 4.68 Å². The van der Waals surface area contributed by atoms with Crippen LogP contribution in [0, 0.1) is 5.92 Å². The number of aromatic nitrogens is 2. The Kier molecular flexibility index (Phi) is 4.96. The van der Waals surface area contributed by atoms with E-state index in [9.17, 15) is 4.79 Å². The number of hydrogen-bond acceptors (Lipinski definition) is 4. The summed E-state index contributed by atoms with van der Waals surface area (Å²) in [6, 6.07) is 3.68. The number of rotatable bonds is 5. The van der Waals surface area contributed by atoms with Crippen molar-refractivity contribution < 1.29 is 4.74 Å². The largest absolute Gasteiger partial charge is 0.480 e.